The number of ether oxygens (including phenoxy) is 2. The van der Waals surface area contributed by atoms with Crippen LogP contribution in [0.3, 0.4) is 0 Å². The molecule has 0 N–H and O–H groups in total. The molecule has 0 aliphatic heterocycles. The molecular formula is C17H26O4. The van der Waals surface area contributed by atoms with E-state index in [-0.39, 0.29) is 18.2 Å². The van der Waals surface area contributed by atoms with E-state index in [0.29, 0.717) is 11.3 Å². The lowest BCUT2D eigenvalue weighted by molar-refractivity contribution is -0.177. The SMILES string of the molecule is CC1CC2(OC(=O)COC(=O)C(C)(C)C)CC3CC3(C1)C2. The van der Waals surface area contributed by atoms with Crippen LogP contribution in [0.2, 0.25) is 0 Å². The first-order valence-electron chi connectivity index (χ1n) is 8.03. The van der Waals surface area contributed by atoms with Gasteiger partial charge in [0.2, 0.25) is 0 Å². The Morgan fingerprint density at radius 2 is 1.86 bits per heavy atom. The van der Waals surface area contributed by atoms with Gasteiger partial charge in [0.15, 0.2) is 6.61 Å². The third-order valence-corrected chi connectivity index (χ3v) is 5.39. The zero-order valence-corrected chi connectivity index (χ0v) is 13.5. The molecule has 21 heavy (non-hydrogen) atoms. The van der Waals surface area contributed by atoms with Gasteiger partial charge in [0, 0.05) is 0 Å². The predicted molar refractivity (Wildman–Crippen MR) is 77.4 cm³/mol. The summed E-state index contributed by atoms with van der Waals surface area (Å²) < 4.78 is 10.8. The van der Waals surface area contributed by atoms with Crippen LogP contribution in [-0.2, 0) is 19.1 Å². The normalized spacial score (nSPS) is 40.4. The monoisotopic (exact) mass is 294 g/mol. The highest BCUT2D eigenvalue weighted by Crippen LogP contribution is 2.73. The Morgan fingerprint density at radius 3 is 2.52 bits per heavy atom. The number of fused-ring (bicyclic) bond motifs is 1. The number of esters is 2. The number of carbonyl (C=O) groups excluding carboxylic acids is 2. The fourth-order valence-electron chi connectivity index (χ4n) is 4.71. The number of hydrogen-bond acceptors (Lipinski definition) is 4. The minimum Gasteiger partial charge on any atom is -0.457 e. The summed E-state index contributed by atoms with van der Waals surface area (Å²) in [5.41, 5.74) is -0.386. The maximum atomic E-state index is 12.1. The van der Waals surface area contributed by atoms with Crippen LogP contribution in [0, 0.1) is 22.7 Å². The molecule has 4 nitrogen and oxygen atoms in total. The quantitative estimate of drug-likeness (QED) is 0.751. The van der Waals surface area contributed by atoms with Gasteiger partial charge in [-0.25, -0.2) is 4.79 Å². The summed E-state index contributed by atoms with van der Waals surface area (Å²) in [4.78, 5) is 23.8. The van der Waals surface area contributed by atoms with Crippen LogP contribution < -0.4 is 0 Å². The van der Waals surface area contributed by atoms with Crippen LogP contribution in [0.5, 0.6) is 0 Å². The van der Waals surface area contributed by atoms with Crippen molar-refractivity contribution in [2.45, 2.75) is 65.4 Å². The summed E-state index contributed by atoms with van der Waals surface area (Å²) in [5, 5.41) is 0. The van der Waals surface area contributed by atoms with Crippen molar-refractivity contribution in [2.75, 3.05) is 6.61 Å². The summed E-state index contributed by atoms with van der Waals surface area (Å²) >= 11 is 0. The van der Waals surface area contributed by atoms with Crippen LogP contribution in [0.1, 0.15) is 59.8 Å². The smallest absolute Gasteiger partial charge is 0.344 e. The maximum Gasteiger partial charge on any atom is 0.344 e. The molecule has 0 aromatic heterocycles. The second-order valence-corrected chi connectivity index (χ2v) is 8.64. The summed E-state index contributed by atoms with van der Waals surface area (Å²) in [6.45, 7) is 7.32. The van der Waals surface area contributed by atoms with Gasteiger partial charge in [-0.3, -0.25) is 4.79 Å². The maximum absolute atomic E-state index is 12.1. The molecule has 118 valence electrons. The molecular weight excluding hydrogens is 268 g/mol. The van der Waals surface area contributed by atoms with Gasteiger partial charge in [0.05, 0.1) is 5.41 Å². The lowest BCUT2D eigenvalue weighted by Gasteiger charge is -2.39. The molecule has 4 heteroatoms. The summed E-state index contributed by atoms with van der Waals surface area (Å²) in [7, 11) is 0. The molecule has 2 bridgehead atoms. The zero-order valence-electron chi connectivity index (χ0n) is 13.5. The largest absolute Gasteiger partial charge is 0.457 e. The first-order chi connectivity index (χ1) is 9.64. The van der Waals surface area contributed by atoms with E-state index in [9.17, 15) is 9.59 Å². The number of carbonyl (C=O) groups is 2. The first kappa shape index (κ1) is 14.9. The lowest BCUT2D eigenvalue weighted by atomic mass is 9.74. The van der Waals surface area contributed by atoms with Gasteiger partial charge in [-0.2, -0.15) is 0 Å². The molecule has 3 rings (SSSR count). The fraction of sp³-hybridized carbons (Fsp3) is 0.882. The number of rotatable bonds is 3. The third-order valence-electron chi connectivity index (χ3n) is 5.39. The van der Waals surface area contributed by atoms with E-state index in [1.807, 2.05) is 0 Å². The van der Waals surface area contributed by atoms with Gasteiger partial charge in [0.1, 0.15) is 5.60 Å². The second-order valence-electron chi connectivity index (χ2n) is 8.64. The first-order valence-corrected chi connectivity index (χ1v) is 8.03. The van der Waals surface area contributed by atoms with Gasteiger partial charge < -0.3 is 9.47 Å². The molecule has 3 saturated carbocycles. The minimum atomic E-state index is -0.586. The average molecular weight is 294 g/mol. The Labute approximate surface area is 126 Å². The van der Waals surface area contributed by atoms with Gasteiger partial charge in [-0.05, 0) is 70.1 Å². The van der Waals surface area contributed by atoms with E-state index in [2.05, 4.69) is 6.92 Å². The highest BCUT2D eigenvalue weighted by Gasteiger charge is 2.69. The van der Waals surface area contributed by atoms with E-state index in [1.165, 1.54) is 12.8 Å². The van der Waals surface area contributed by atoms with E-state index >= 15 is 0 Å². The van der Waals surface area contributed by atoms with Crippen molar-refractivity contribution in [3.8, 4) is 0 Å². The topological polar surface area (TPSA) is 52.6 Å². The summed E-state index contributed by atoms with van der Waals surface area (Å²) in [6, 6.07) is 0. The van der Waals surface area contributed by atoms with Crippen LogP contribution in [0.4, 0.5) is 0 Å². The van der Waals surface area contributed by atoms with Crippen LogP contribution in [0.25, 0.3) is 0 Å². The van der Waals surface area contributed by atoms with E-state index in [1.54, 1.807) is 20.8 Å². The predicted octanol–water partition coefficient (Wildman–Crippen LogP) is 3.09. The van der Waals surface area contributed by atoms with Crippen molar-refractivity contribution >= 4 is 11.9 Å². The second kappa shape index (κ2) is 4.47. The molecule has 0 amide bonds. The Morgan fingerprint density at radius 1 is 1.14 bits per heavy atom. The molecule has 0 heterocycles. The number of hydrogen-bond donors (Lipinski definition) is 0. The Bertz CT molecular complexity index is 474. The van der Waals surface area contributed by atoms with Crippen molar-refractivity contribution in [2.24, 2.45) is 22.7 Å². The highest BCUT2D eigenvalue weighted by atomic mass is 16.6. The van der Waals surface area contributed by atoms with Gasteiger partial charge in [-0.1, -0.05) is 6.92 Å². The molecule has 4 atom stereocenters. The molecule has 4 unspecified atom stereocenters. The molecule has 0 radical (unpaired) electrons. The van der Waals surface area contributed by atoms with Crippen molar-refractivity contribution < 1.29 is 19.1 Å². The minimum absolute atomic E-state index is 0.260. The molecule has 0 aromatic rings. The third kappa shape index (κ3) is 2.69. The molecule has 0 saturated heterocycles. The fourth-order valence-corrected chi connectivity index (χ4v) is 4.71. The van der Waals surface area contributed by atoms with E-state index in [4.69, 9.17) is 9.47 Å². The molecule has 1 spiro atoms. The van der Waals surface area contributed by atoms with Crippen molar-refractivity contribution in [1.29, 1.82) is 0 Å². The molecule has 0 aromatic carbocycles. The van der Waals surface area contributed by atoms with Crippen molar-refractivity contribution in [1.82, 2.24) is 0 Å². The van der Waals surface area contributed by atoms with Crippen molar-refractivity contribution in [3.05, 3.63) is 0 Å². The van der Waals surface area contributed by atoms with E-state index < -0.39 is 11.4 Å². The van der Waals surface area contributed by atoms with Crippen LogP contribution >= 0.6 is 0 Å². The molecule has 3 aliphatic rings. The zero-order chi connectivity index (χ0) is 15.5. The van der Waals surface area contributed by atoms with Gasteiger partial charge in [0.25, 0.3) is 0 Å². The van der Waals surface area contributed by atoms with Gasteiger partial charge >= 0.3 is 11.9 Å². The Balaban J connectivity index is 1.55. The average Bonchev–Trinajstić information content (AvgIpc) is 2.86. The summed E-state index contributed by atoms with van der Waals surface area (Å²) in [6.07, 6.45) is 5.60. The molecule has 3 fully saturated rings. The van der Waals surface area contributed by atoms with Crippen LogP contribution in [0.15, 0.2) is 0 Å². The Kier molecular flexibility index (Phi) is 3.16. The molecule has 3 aliphatic carbocycles. The van der Waals surface area contributed by atoms with Gasteiger partial charge in [-0.15, -0.1) is 0 Å². The van der Waals surface area contributed by atoms with E-state index in [0.717, 1.165) is 25.2 Å². The van der Waals surface area contributed by atoms with Crippen LogP contribution in [-0.4, -0.2) is 24.1 Å². The highest BCUT2D eigenvalue weighted by molar-refractivity contribution is 5.79. The van der Waals surface area contributed by atoms with Crippen molar-refractivity contribution in [3.63, 3.8) is 0 Å². The standard InChI is InChI=1S/C17H26O4/c1-11-5-16-7-12(16)8-17(6-11,10-16)21-13(18)9-20-14(19)15(2,3)4/h11-12H,5-10H2,1-4H3. The summed E-state index contributed by atoms with van der Waals surface area (Å²) in [5.74, 6) is 0.626. The lowest BCUT2D eigenvalue weighted by Crippen LogP contribution is -2.41. The Hall–Kier alpha value is -1.06.